The van der Waals surface area contributed by atoms with E-state index in [1.54, 1.807) is 13.8 Å². The van der Waals surface area contributed by atoms with E-state index in [-0.39, 0.29) is 12.2 Å². The minimum atomic E-state index is -0.440. The first kappa shape index (κ1) is 15.1. The molecule has 0 saturated heterocycles. The number of rotatable bonds is 5. The Labute approximate surface area is 83.4 Å². The largest absolute Gasteiger partial charge is 0.468 e. The molecule has 0 aliphatic rings. The van der Waals surface area contributed by atoms with Gasteiger partial charge in [-0.2, -0.15) is 0 Å². The summed E-state index contributed by atoms with van der Waals surface area (Å²) in [6, 6.07) is 0. The highest BCUT2D eigenvalue weighted by Crippen LogP contribution is 1.86. The van der Waals surface area contributed by atoms with Crippen LogP contribution in [0.25, 0.3) is 0 Å². The third kappa shape index (κ3) is 16.9. The van der Waals surface area contributed by atoms with Gasteiger partial charge < -0.3 is 9.47 Å². The molecule has 82 valence electrons. The predicted molar refractivity (Wildman–Crippen MR) is 49.6 cm³/mol. The van der Waals surface area contributed by atoms with Crippen molar-refractivity contribution in [2.45, 2.75) is 27.2 Å². The zero-order valence-corrected chi connectivity index (χ0v) is 8.74. The van der Waals surface area contributed by atoms with Crippen LogP contribution in [-0.2, 0) is 23.9 Å². The average molecular weight is 204 g/mol. The van der Waals surface area contributed by atoms with Crippen molar-refractivity contribution in [3.05, 3.63) is 0 Å². The Morgan fingerprint density at radius 3 is 2.00 bits per heavy atom. The fraction of sp³-hybridized carbons (Fsp3) is 0.667. The van der Waals surface area contributed by atoms with E-state index in [4.69, 9.17) is 0 Å². The Kier molecular flexibility index (Phi) is 12.5. The molecule has 14 heavy (non-hydrogen) atoms. The maximum Gasteiger partial charge on any atom is 0.313 e. The highest BCUT2D eigenvalue weighted by molar-refractivity contribution is 5.94. The van der Waals surface area contributed by atoms with E-state index in [0.29, 0.717) is 19.7 Å². The predicted octanol–water partition coefficient (Wildman–Crippen LogP) is 0.708. The normalized spacial score (nSPS) is 7.93. The summed E-state index contributed by atoms with van der Waals surface area (Å²) in [4.78, 5) is 29.8. The van der Waals surface area contributed by atoms with E-state index in [1.807, 2.05) is 0 Å². The van der Waals surface area contributed by atoms with Crippen molar-refractivity contribution in [1.82, 2.24) is 0 Å². The number of hydrogen-bond acceptors (Lipinski definition) is 5. The molecule has 0 amide bonds. The van der Waals surface area contributed by atoms with Gasteiger partial charge in [-0.05, 0) is 20.8 Å². The number of carbonyl (C=O) groups excluding carboxylic acids is 3. The van der Waals surface area contributed by atoms with E-state index >= 15 is 0 Å². The van der Waals surface area contributed by atoms with Crippen LogP contribution in [0.5, 0.6) is 0 Å². The lowest BCUT2D eigenvalue weighted by atomic mass is 10.3. The van der Waals surface area contributed by atoms with Crippen LogP contribution in [0.3, 0.4) is 0 Å². The minimum absolute atomic E-state index is 0.103. The van der Waals surface area contributed by atoms with Gasteiger partial charge in [-0.3, -0.25) is 14.4 Å². The van der Waals surface area contributed by atoms with E-state index in [0.717, 1.165) is 0 Å². The van der Waals surface area contributed by atoms with Gasteiger partial charge >= 0.3 is 5.97 Å². The van der Waals surface area contributed by atoms with Gasteiger partial charge in [0.2, 0.25) is 0 Å². The summed E-state index contributed by atoms with van der Waals surface area (Å²) in [5, 5.41) is 0. The fourth-order valence-electron chi connectivity index (χ4n) is 0.483. The molecular formula is C9H16O5. The first-order valence-electron chi connectivity index (χ1n) is 4.28. The lowest BCUT2D eigenvalue weighted by Gasteiger charge is -1.96. The SMILES string of the molecule is CCOC(=O)CC(C)=O.CCOC=O. The van der Waals surface area contributed by atoms with E-state index in [2.05, 4.69) is 9.47 Å². The van der Waals surface area contributed by atoms with Gasteiger partial charge in [-0.15, -0.1) is 0 Å². The van der Waals surface area contributed by atoms with Gasteiger partial charge in [0.25, 0.3) is 6.47 Å². The summed E-state index contributed by atoms with van der Waals surface area (Å²) >= 11 is 0. The lowest BCUT2D eigenvalue weighted by molar-refractivity contribution is -0.145. The molecule has 0 bridgehead atoms. The molecule has 0 saturated carbocycles. The van der Waals surface area contributed by atoms with Crippen molar-refractivity contribution in [2.24, 2.45) is 0 Å². The monoisotopic (exact) mass is 204 g/mol. The van der Waals surface area contributed by atoms with Gasteiger partial charge in [-0.25, -0.2) is 0 Å². The quantitative estimate of drug-likeness (QED) is 0.374. The number of hydrogen-bond donors (Lipinski definition) is 0. The molecular weight excluding hydrogens is 188 g/mol. The molecule has 0 aliphatic carbocycles. The number of Topliss-reactive ketones (excluding diaryl/α,β-unsaturated/α-hetero) is 1. The maximum absolute atomic E-state index is 10.4. The van der Waals surface area contributed by atoms with E-state index < -0.39 is 5.97 Å². The Bertz CT molecular complexity index is 176. The standard InChI is InChI=1S/C6H10O3.C3H6O2/c1-3-9-6(8)4-5(2)7;1-2-5-3-4/h3-4H2,1-2H3;3H,2H2,1H3. The molecule has 0 aromatic heterocycles. The zero-order valence-electron chi connectivity index (χ0n) is 8.74. The van der Waals surface area contributed by atoms with Gasteiger partial charge in [0.05, 0.1) is 13.2 Å². The van der Waals surface area contributed by atoms with Crippen LogP contribution in [0, 0.1) is 0 Å². The number of ketones is 1. The minimum Gasteiger partial charge on any atom is -0.468 e. The van der Waals surface area contributed by atoms with Gasteiger partial charge in [-0.1, -0.05) is 0 Å². The molecule has 0 rings (SSSR count). The van der Waals surface area contributed by atoms with Gasteiger partial charge in [0.15, 0.2) is 0 Å². The summed E-state index contributed by atoms with van der Waals surface area (Å²) in [6.07, 6.45) is -0.103. The third-order valence-electron chi connectivity index (χ3n) is 0.933. The second-order valence-corrected chi connectivity index (χ2v) is 2.24. The highest BCUT2D eigenvalue weighted by Gasteiger charge is 2.03. The summed E-state index contributed by atoms with van der Waals surface area (Å²) < 4.78 is 8.65. The molecule has 0 heterocycles. The molecule has 0 N–H and O–H groups in total. The van der Waals surface area contributed by atoms with Crippen molar-refractivity contribution in [3.8, 4) is 0 Å². The second-order valence-electron chi connectivity index (χ2n) is 2.24. The van der Waals surface area contributed by atoms with Crippen LogP contribution in [0.15, 0.2) is 0 Å². The first-order valence-corrected chi connectivity index (χ1v) is 4.28. The van der Waals surface area contributed by atoms with Crippen LogP contribution in [0.2, 0.25) is 0 Å². The first-order chi connectivity index (χ1) is 6.58. The van der Waals surface area contributed by atoms with Crippen molar-refractivity contribution in [2.75, 3.05) is 13.2 Å². The van der Waals surface area contributed by atoms with Gasteiger partial charge in [0.1, 0.15) is 12.2 Å². The molecule has 0 atom stereocenters. The molecule has 0 aliphatic heterocycles. The number of carbonyl (C=O) groups is 3. The van der Waals surface area contributed by atoms with Crippen molar-refractivity contribution in [1.29, 1.82) is 0 Å². The summed E-state index contributed by atoms with van der Waals surface area (Å²) in [6.45, 7) is 6.07. The Morgan fingerprint density at radius 1 is 1.21 bits per heavy atom. The average Bonchev–Trinajstić information content (AvgIpc) is 2.05. The van der Waals surface area contributed by atoms with E-state index in [1.165, 1.54) is 6.92 Å². The van der Waals surface area contributed by atoms with Crippen LogP contribution < -0.4 is 0 Å². The van der Waals surface area contributed by atoms with Crippen molar-refractivity contribution in [3.63, 3.8) is 0 Å². The molecule has 0 aromatic rings. The Morgan fingerprint density at radius 2 is 1.79 bits per heavy atom. The number of esters is 1. The van der Waals surface area contributed by atoms with Crippen LogP contribution in [0.1, 0.15) is 27.2 Å². The summed E-state index contributed by atoms with van der Waals surface area (Å²) in [5.74, 6) is -0.599. The second kappa shape index (κ2) is 11.6. The Hall–Kier alpha value is -1.39. The summed E-state index contributed by atoms with van der Waals surface area (Å²) in [5.41, 5.74) is 0. The third-order valence-corrected chi connectivity index (χ3v) is 0.933. The van der Waals surface area contributed by atoms with Crippen LogP contribution in [0.4, 0.5) is 0 Å². The summed E-state index contributed by atoms with van der Waals surface area (Å²) in [7, 11) is 0. The fourth-order valence-corrected chi connectivity index (χ4v) is 0.483. The number of ether oxygens (including phenoxy) is 2. The molecule has 0 radical (unpaired) electrons. The van der Waals surface area contributed by atoms with Crippen molar-refractivity contribution < 1.29 is 23.9 Å². The highest BCUT2D eigenvalue weighted by atomic mass is 16.5. The van der Waals surface area contributed by atoms with Crippen LogP contribution in [-0.4, -0.2) is 31.4 Å². The molecule has 0 fully saturated rings. The molecule has 0 unspecified atom stereocenters. The van der Waals surface area contributed by atoms with E-state index in [9.17, 15) is 14.4 Å². The molecule has 0 aromatic carbocycles. The lowest BCUT2D eigenvalue weighted by Crippen LogP contribution is -2.07. The Balaban J connectivity index is 0. The maximum atomic E-state index is 10.4. The molecule has 5 nitrogen and oxygen atoms in total. The topological polar surface area (TPSA) is 69.7 Å². The van der Waals surface area contributed by atoms with Crippen molar-refractivity contribution >= 4 is 18.2 Å². The molecule has 5 heteroatoms. The zero-order chi connectivity index (χ0) is 11.4. The molecule has 0 spiro atoms. The van der Waals surface area contributed by atoms with Crippen LogP contribution >= 0.6 is 0 Å². The van der Waals surface area contributed by atoms with Gasteiger partial charge in [0, 0.05) is 0 Å². The smallest absolute Gasteiger partial charge is 0.313 e.